The van der Waals surface area contributed by atoms with Gasteiger partial charge in [-0.3, -0.25) is 4.79 Å². The van der Waals surface area contributed by atoms with Gasteiger partial charge in [-0.25, -0.2) is 12.8 Å². The predicted molar refractivity (Wildman–Crippen MR) is 112 cm³/mol. The van der Waals surface area contributed by atoms with Gasteiger partial charge in [-0.1, -0.05) is 30.3 Å². The van der Waals surface area contributed by atoms with Crippen LogP contribution in [0.5, 0.6) is 0 Å². The number of rotatable bonds is 9. The van der Waals surface area contributed by atoms with E-state index in [1.165, 1.54) is 22.0 Å². The molecule has 1 saturated heterocycles. The smallest absolute Gasteiger partial charge is 0.243 e. The summed E-state index contributed by atoms with van der Waals surface area (Å²) >= 11 is 0. The molecule has 0 saturated carbocycles. The normalized spacial score (nSPS) is 15.3. The van der Waals surface area contributed by atoms with E-state index in [0.29, 0.717) is 39.1 Å². The SMILES string of the molecule is O=C(CCCOCCc1ccccc1)N1CCN(S(=O)(=O)c2ccc(F)cc2)CC1. The highest BCUT2D eigenvalue weighted by atomic mass is 32.2. The fourth-order valence-electron chi connectivity index (χ4n) is 3.35. The molecule has 0 atom stereocenters. The van der Waals surface area contributed by atoms with E-state index in [1.807, 2.05) is 18.2 Å². The molecule has 30 heavy (non-hydrogen) atoms. The first-order valence-electron chi connectivity index (χ1n) is 10.1. The second-order valence-electron chi connectivity index (χ2n) is 7.19. The third-order valence-corrected chi connectivity index (χ3v) is 7.01. The molecule has 1 aliphatic heterocycles. The molecule has 0 radical (unpaired) electrons. The lowest BCUT2D eigenvalue weighted by molar-refractivity contribution is -0.132. The molecule has 6 nitrogen and oxygen atoms in total. The van der Waals surface area contributed by atoms with Crippen molar-refractivity contribution in [2.24, 2.45) is 0 Å². The number of carbonyl (C=O) groups excluding carboxylic acids is 1. The van der Waals surface area contributed by atoms with Crippen molar-refractivity contribution in [1.29, 1.82) is 0 Å². The van der Waals surface area contributed by atoms with Crippen molar-refractivity contribution < 1.29 is 22.3 Å². The summed E-state index contributed by atoms with van der Waals surface area (Å²) in [5.74, 6) is -0.464. The molecule has 0 aromatic heterocycles. The summed E-state index contributed by atoms with van der Waals surface area (Å²) in [5, 5.41) is 0. The standard InChI is InChI=1S/C22H27FN2O4S/c23-20-8-10-21(11-9-20)30(27,28)25-15-13-24(14-16-25)22(26)7-4-17-29-18-12-19-5-2-1-3-6-19/h1-3,5-6,8-11H,4,7,12-18H2. The Morgan fingerprint density at radius 1 is 0.933 bits per heavy atom. The Hall–Kier alpha value is -2.29. The van der Waals surface area contributed by atoms with Gasteiger partial charge in [0.25, 0.3) is 0 Å². The van der Waals surface area contributed by atoms with Crippen molar-refractivity contribution in [2.45, 2.75) is 24.2 Å². The van der Waals surface area contributed by atoms with Crippen LogP contribution in [0.15, 0.2) is 59.5 Å². The van der Waals surface area contributed by atoms with Crippen LogP contribution in [0.1, 0.15) is 18.4 Å². The van der Waals surface area contributed by atoms with Crippen molar-refractivity contribution in [3.63, 3.8) is 0 Å². The highest BCUT2D eigenvalue weighted by molar-refractivity contribution is 7.89. The van der Waals surface area contributed by atoms with Crippen LogP contribution < -0.4 is 0 Å². The minimum absolute atomic E-state index is 0.0143. The fraction of sp³-hybridized carbons (Fsp3) is 0.409. The van der Waals surface area contributed by atoms with E-state index in [4.69, 9.17) is 4.74 Å². The van der Waals surface area contributed by atoms with Gasteiger partial charge in [-0.2, -0.15) is 4.31 Å². The number of nitrogens with zero attached hydrogens (tertiary/aromatic N) is 2. The van der Waals surface area contributed by atoms with Crippen LogP contribution in [0.3, 0.4) is 0 Å². The molecule has 1 fully saturated rings. The Bertz CT molecular complexity index is 912. The van der Waals surface area contributed by atoms with E-state index in [1.54, 1.807) is 4.90 Å². The first-order valence-corrected chi connectivity index (χ1v) is 11.6. The van der Waals surface area contributed by atoms with Crippen molar-refractivity contribution in [1.82, 2.24) is 9.21 Å². The number of amides is 1. The Morgan fingerprint density at radius 3 is 2.27 bits per heavy atom. The number of carbonyl (C=O) groups is 1. The summed E-state index contributed by atoms with van der Waals surface area (Å²) in [6.45, 7) is 2.33. The van der Waals surface area contributed by atoms with Crippen LogP contribution in [-0.2, 0) is 26.0 Å². The van der Waals surface area contributed by atoms with Crippen molar-refractivity contribution in [2.75, 3.05) is 39.4 Å². The molecule has 162 valence electrons. The van der Waals surface area contributed by atoms with Crippen LogP contribution in [0.2, 0.25) is 0 Å². The van der Waals surface area contributed by atoms with Crippen molar-refractivity contribution in [3.05, 3.63) is 66.0 Å². The largest absolute Gasteiger partial charge is 0.381 e. The van der Waals surface area contributed by atoms with Crippen molar-refractivity contribution >= 4 is 15.9 Å². The second-order valence-corrected chi connectivity index (χ2v) is 9.13. The Balaban J connectivity index is 1.35. The summed E-state index contributed by atoms with van der Waals surface area (Å²) in [4.78, 5) is 14.1. The molecule has 1 aliphatic rings. The van der Waals surface area contributed by atoms with Gasteiger partial charge >= 0.3 is 0 Å². The number of ether oxygens (including phenoxy) is 1. The lowest BCUT2D eigenvalue weighted by atomic mass is 10.2. The third kappa shape index (κ3) is 6.10. The summed E-state index contributed by atoms with van der Waals surface area (Å²) in [7, 11) is -3.67. The second kappa shape index (κ2) is 10.7. The number of benzene rings is 2. The van der Waals surface area contributed by atoms with Crippen LogP contribution in [0.25, 0.3) is 0 Å². The molecule has 0 N–H and O–H groups in total. The molecule has 8 heteroatoms. The van der Waals surface area contributed by atoms with E-state index in [-0.39, 0.29) is 23.9 Å². The maximum atomic E-state index is 13.0. The van der Waals surface area contributed by atoms with E-state index in [0.717, 1.165) is 18.6 Å². The molecule has 0 aliphatic carbocycles. The maximum absolute atomic E-state index is 13.0. The number of halogens is 1. The van der Waals surface area contributed by atoms with E-state index < -0.39 is 15.8 Å². The molecule has 1 amide bonds. The van der Waals surface area contributed by atoms with E-state index in [9.17, 15) is 17.6 Å². The van der Waals surface area contributed by atoms with Gasteiger partial charge in [0.1, 0.15) is 5.82 Å². The van der Waals surface area contributed by atoms with Gasteiger partial charge in [0.2, 0.25) is 15.9 Å². The molecular weight excluding hydrogens is 407 g/mol. The Labute approximate surface area is 177 Å². The highest BCUT2D eigenvalue weighted by Crippen LogP contribution is 2.18. The topological polar surface area (TPSA) is 66.9 Å². The summed E-state index contributed by atoms with van der Waals surface area (Å²) in [5.41, 5.74) is 1.22. The van der Waals surface area contributed by atoms with Crippen LogP contribution in [0, 0.1) is 5.82 Å². The molecule has 2 aromatic rings. The van der Waals surface area contributed by atoms with E-state index in [2.05, 4.69) is 12.1 Å². The average Bonchev–Trinajstić information content (AvgIpc) is 2.77. The molecule has 0 spiro atoms. The molecule has 1 heterocycles. The van der Waals surface area contributed by atoms with Crippen LogP contribution >= 0.6 is 0 Å². The van der Waals surface area contributed by atoms with Crippen molar-refractivity contribution in [3.8, 4) is 0 Å². The van der Waals surface area contributed by atoms with Crippen LogP contribution in [0.4, 0.5) is 4.39 Å². The monoisotopic (exact) mass is 434 g/mol. The third-order valence-electron chi connectivity index (χ3n) is 5.10. The minimum Gasteiger partial charge on any atom is -0.381 e. The molecule has 2 aromatic carbocycles. The van der Waals surface area contributed by atoms with Gasteiger partial charge in [0.05, 0.1) is 11.5 Å². The van der Waals surface area contributed by atoms with Gasteiger partial charge in [0.15, 0.2) is 0 Å². The zero-order valence-electron chi connectivity index (χ0n) is 16.9. The number of hydrogen-bond acceptors (Lipinski definition) is 4. The molecule has 0 unspecified atom stereocenters. The average molecular weight is 435 g/mol. The number of sulfonamides is 1. The Morgan fingerprint density at radius 2 is 1.60 bits per heavy atom. The zero-order valence-corrected chi connectivity index (χ0v) is 17.7. The minimum atomic E-state index is -3.67. The highest BCUT2D eigenvalue weighted by Gasteiger charge is 2.29. The molecular formula is C22H27FN2O4S. The van der Waals surface area contributed by atoms with Crippen LogP contribution in [-0.4, -0.2) is 62.9 Å². The first-order chi connectivity index (χ1) is 14.5. The lowest BCUT2D eigenvalue weighted by Crippen LogP contribution is -2.50. The summed E-state index contributed by atoms with van der Waals surface area (Å²) < 4.78 is 45.3. The molecule has 3 rings (SSSR count). The van der Waals surface area contributed by atoms with Gasteiger partial charge < -0.3 is 9.64 Å². The van der Waals surface area contributed by atoms with Gasteiger partial charge in [0, 0.05) is 39.2 Å². The fourth-order valence-corrected chi connectivity index (χ4v) is 4.78. The Kier molecular flexibility index (Phi) is 7.95. The van der Waals surface area contributed by atoms with Gasteiger partial charge in [-0.15, -0.1) is 0 Å². The van der Waals surface area contributed by atoms with Gasteiger partial charge in [-0.05, 0) is 42.7 Å². The summed E-state index contributed by atoms with van der Waals surface area (Å²) in [6, 6.07) is 14.9. The summed E-state index contributed by atoms with van der Waals surface area (Å²) in [6.07, 6.45) is 1.87. The zero-order chi connectivity index (χ0) is 21.4. The quantitative estimate of drug-likeness (QED) is 0.569. The molecule has 0 bridgehead atoms. The lowest BCUT2D eigenvalue weighted by Gasteiger charge is -2.34. The maximum Gasteiger partial charge on any atom is 0.243 e. The number of piperazine rings is 1. The number of hydrogen-bond donors (Lipinski definition) is 0. The predicted octanol–water partition coefficient (Wildman–Crippen LogP) is 2.70. The van der Waals surface area contributed by atoms with E-state index >= 15 is 0 Å². The first kappa shape index (κ1) is 22.4.